The van der Waals surface area contributed by atoms with Crippen LogP contribution in [0.5, 0.6) is 0 Å². The van der Waals surface area contributed by atoms with Crippen LogP contribution in [0.15, 0.2) is 91.0 Å². The Bertz CT molecular complexity index is 1230. The van der Waals surface area contributed by atoms with Crippen LogP contribution in [0.3, 0.4) is 0 Å². The van der Waals surface area contributed by atoms with Crippen molar-refractivity contribution in [1.82, 2.24) is 0 Å². The Morgan fingerprint density at radius 3 is 2.19 bits per heavy atom. The average molecular weight is 350 g/mol. The van der Waals surface area contributed by atoms with E-state index in [4.69, 9.17) is 0 Å². The predicted octanol–water partition coefficient (Wildman–Crippen LogP) is 7.70. The SMILES string of the molecule is Cc1cc(-c2ccccc2)ccc1-c1cccc2sc3ccccc3c12. The van der Waals surface area contributed by atoms with Crippen molar-refractivity contribution in [3.8, 4) is 22.3 Å². The maximum atomic E-state index is 2.30. The molecule has 0 nitrogen and oxygen atoms in total. The summed E-state index contributed by atoms with van der Waals surface area (Å²) in [6.45, 7) is 2.22. The highest BCUT2D eigenvalue weighted by Gasteiger charge is 2.12. The summed E-state index contributed by atoms with van der Waals surface area (Å²) in [4.78, 5) is 0. The first-order chi connectivity index (χ1) is 12.8. The summed E-state index contributed by atoms with van der Waals surface area (Å²) in [5.74, 6) is 0. The molecule has 0 atom stereocenters. The Kier molecular flexibility index (Phi) is 3.62. The summed E-state index contributed by atoms with van der Waals surface area (Å²) in [6, 6.07) is 32.8. The Balaban J connectivity index is 1.73. The van der Waals surface area contributed by atoms with E-state index in [2.05, 4.69) is 97.9 Å². The quantitative estimate of drug-likeness (QED) is 0.306. The van der Waals surface area contributed by atoms with Gasteiger partial charge in [-0.2, -0.15) is 0 Å². The lowest BCUT2D eigenvalue weighted by molar-refractivity contribution is 1.46. The van der Waals surface area contributed by atoms with E-state index in [0.29, 0.717) is 0 Å². The minimum absolute atomic E-state index is 1.27. The van der Waals surface area contributed by atoms with Crippen molar-refractivity contribution in [1.29, 1.82) is 0 Å². The van der Waals surface area contributed by atoms with Gasteiger partial charge < -0.3 is 0 Å². The van der Waals surface area contributed by atoms with Gasteiger partial charge in [-0.05, 0) is 46.9 Å². The molecule has 1 heteroatoms. The van der Waals surface area contributed by atoms with Crippen molar-refractivity contribution in [3.63, 3.8) is 0 Å². The molecule has 124 valence electrons. The van der Waals surface area contributed by atoms with Gasteiger partial charge in [-0.3, -0.25) is 0 Å². The van der Waals surface area contributed by atoms with E-state index in [1.165, 1.54) is 48.0 Å². The maximum absolute atomic E-state index is 2.30. The third-order valence-corrected chi connectivity index (χ3v) is 6.16. The summed E-state index contributed by atoms with van der Waals surface area (Å²) >= 11 is 1.88. The fourth-order valence-electron chi connectivity index (χ4n) is 3.78. The molecule has 0 radical (unpaired) electrons. The van der Waals surface area contributed by atoms with Crippen LogP contribution in [0.25, 0.3) is 42.4 Å². The molecule has 5 rings (SSSR count). The third-order valence-electron chi connectivity index (χ3n) is 5.03. The summed E-state index contributed by atoms with van der Waals surface area (Å²) in [5, 5.41) is 2.73. The molecule has 0 N–H and O–H groups in total. The lowest BCUT2D eigenvalue weighted by Gasteiger charge is -2.11. The molecule has 0 aliphatic rings. The van der Waals surface area contributed by atoms with Crippen molar-refractivity contribution >= 4 is 31.5 Å². The van der Waals surface area contributed by atoms with Crippen LogP contribution in [-0.2, 0) is 0 Å². The first kappa shape index (κ1) is 15.4. The van der Waals surface area contributed by atoms with Crippen LogP contribution in [0.4, 0.5) is 0 Å². The smallest absolute Gasteiger partial charge is 0.0361 e. The molecule has 1 aromatic heterocycles. The number of benzene rings is 4. The lowest BCUT2D eigenvalue weighted by atomic mass is 9.93. The van der Waals surface area contributed by atoms with E-state index in [1.807, 2.05) is 11.3 Å². The second kappa shape index (κ2) is 6.12. The van der Waals surface area contributed by atoms with Crippen LogP contribution in [0.2, 0.25) is 0 Å². The van der Waals surface area contributed by atoms with E-state index in [9.17, 15) is 0 Å². The standard InChI is InChI=1S/C25H18S/c1-17-16-19(18-8-3-2-4-9-18)14-15-20(17)21-11-7-13-24-25(21)22-10-5-6-12-23(22)26-24/h2-16H,1H3. The molecule has 26 heavy (non-hydrogen) atoms. The Morgan fingerprint density at radius 2 is 1.35 bits per heavy atom. The highest BCUT2D eigenvalue weighted by Crippen LogP contribution is 2.41. The maximum Gasteiger partial charge on any atom is 0.0361 e. The average Bonchev–Trinajstić information content (AvgIpc) is 3.07. The number of fused-ring (bicyclic) bond motifs is 3. The van der Waals surface area contributed by atoms with Gasteiger partial charge in [0, 0.05) is 20.2 Å². The number of hydrogen-bond donors (Lipinski definition) is 0. The molecule has 0 saturated carbocycles. The van der Waals surface area contributed by atoms with Crippen LogP contribution in [0.1, 0.15) is 5.56 Å². The Hall–Kier alpha value is -2.90. The minimum atomic E-state index is 1.27. The van der Waals surface area contributed by atoms with E-state index in [-0.39, 0.29) is 0 Å². The number of rotatable bonds is 2. The second-order valence-electron chi connectivity index (χ2n) is 6.67. The molecule has 1 heterocycles. The van der Waals surface area contributed by atoms with Crippen molar-refractivity contribution < 1.29 is 0 Å². The van der Waals surface area contributed by atoms with Crippen LogP contribution in [0, 0.1) is 6.92 Å². The molecule has 0 aliphatic carbocycles. The topological polar surface area (TPSA) is 0 Å². The number of thiophene rings is 1. The molecule has 0 spiro atoms. The van der Waals surface area contributed by atoms with Gasteiger partial charge in [0.2, 0.25) is 0 Å². The number of hydrogen-bond acceptors (Lipinski definition) is 1. The van der Waals surface area contributed by atoms with Gasteiger partial charge in [0.25, 0.3) is 0 Å². The lowest BCUT2D eigenvalue weighted by Crippen LogP contribution is -1.86. The summed E-state index contributed by atoms with van der Waals surface area (Å²) in [6.07, 6.45) is 0. The monoisotopic (exact) mass is 350 g/mol. The first-order valence-electron chi connectivity index (χ1n) is 8.88. The fraction of sp³-hybridized carbons (Fsp3) is 0.0400. The van der Waals surface area contributed by atoms with Crippen LogP contribution < -0.4 is 0 Å². The summed E-state index contributed by atoms with van der Waals surface area (Å²) < 4.78 is 2.71. The molecule has 0 bridgehead atoms. The van der Waals surface area contributed by atoms with E-state index in [1.54, 1.807) is 0 Å². The predicted molar refractivity (Wildman–Crippen MR) is 115 cm³/mol. The molecule has 0 unspecified atom stereocenters. The van der Waals surface area contributed by atoms with Gasteiger partial charge in [-0.15, -0.1) is 11.3 Å². The van der Waals surface area contributed by atoms with Crippen molar-refractivity contribution in [3.05, 3.63) is 96.6 Å². The first-order valence-corrected chi connectivity index (χ1v) is 9.69. The Labute approximate surface area is 157 Å². The van der Waals surface area contributed by atoms with Gasteiger partial charge in [0.05, 0.1) is 0 Å². The Morgan fingerprint density at radius 1 is 0.577 bits per heavy atom. The molecular weight excluding hydrogens is 332 g/mol. The molecule has 5 aromatic rings. The van der Waals surface area contributed by atoms with Crippen molar-refractivity contribution in [2.24, 2.45) is 0 Å². The van der Waals surface area contributed by atoms with Gasteiger partial charge >= 0.3 is 0 Å². The van der Waals surface area contributed by atoms with Gasteiger partial charge in [0.1, 0.15) is 0 Å². The molecule has 0 saturated heterocycles. The zero-order valence-corrected chi connectivity index (χ0v) is 15.4. The second-order valence-corrected chi connectivity index (χ2v) is 7.76. The van der Waals surface area contributed by atoms with Crippen molar-refractivity contribution in [2.45, 2.75) is 6.92 Å². The highest BCUT2D eigenvalue weighted by molar-refractivity contribution is 7.25. The van der Waals surface area contributed by atoms with E-state index in [0.717, 1.165) is 0 Å². The normalized spacial score (nSPS) is 11.3. The summed E-state index contributed by atoms with van der Waals surface area (Å²) in [5.41, 5.74) is 6.50. The zero-order valence-electron chi connectivity index (χ0n) is 14.6. The molecule has 0 amide bonds. The van der Waals surface area contributed by atoms with Gasteiger partial charge in [0.15, 0.2) is 0 Å². The largest absolute Gasteiger partial charge is 0.135 e. The van der Waals surface area contributed by atoms with Crippen LogP contribution >= 0.6 is 11.3 Å². The fourth-order valence-corrected chi connectivity index (χ4v) is 4.91. The third kappa shape index (κ3) is 2.44. The van der Waals surface area contributed by atoms with Crippen LogP contribution in [-0.4, -0.2) is 0 Å². The molecule has 4 aromatic carbocycles. The molecule has 0 aliphatic heterocycles. The molecular formula is C25H18S. The van der Waals surface area contributed by atoms with E-state index < -0.39 is 0 Å². The van der Waals surface area contributed by atoms with Crippen molar-refractivity contribution in [2.75, 3.05) is 0 Å². The molecule has 0 fully saturated rings. The van der Waals surface area contributed by atoms with Gasteiger partial charge in [-0.1, -0.05) is 78.9 Å². The van der Waals surface area contributed by atoms with E-state index >= 15 is 0 Å². The van der Waals surface area contributed by atoms with Gasteiger partial charge in [-0.25, -0.2) is 0 Å². The number of aryl methyl sites for hydroxylation is 1. The summed E-state index contributed by atoms with van der Waals surface area (Å²) in [7, 11) is 0. The minimum Gasteiger partial charge on any atom is -0.135 e. The highest BCUT2D eigenvalue weighted by atomic mass is 32.1. The zero-order chi connectivity index (χ0) is 17.5.